The molecule has 1 aliphatic heterocycles. The normalized spacial score (nSPS) is 25.4. The zero-order valence-electron chi connectivity index (χ0n) is 7.60. The van der Waals surface area contributed by atoms with E-state index in [0.29, 0.717) is 13.0 Å². The lowest BCUT2D eigenvalue weighted by atomic mass is 10.3. The number of carbonyl (C=O) groups is 1. The SMILES string of the molecule is CC(C)N1CCC([S+]([O-])N=O)C1=O. The van der Waals surface area contributed by atoms with Crippen molar-refractivity contribution in [2.45, 2.75) is 31.6 Å². The maximum Gasteiger partial charge on any atom is 0.278 e. The first-order valence-corrected chi connectivity index (χ1v) is 5.29. The van der Waals surface area contributed by atoms with Crippen LogP contribution in [0.3, 0.4) is 0 Å². The molecule has 13 heavy (non-hydrogen) atoms. The Kier molecular flexibility index (Phi) is 3.27. The first-order chi connectivity index (χ1) is 6.07. The molecule has 0 saturated carbocycles. The fourth-order valence-corrected chi connectivity index (χ4v) is 2.15. The zero-order valence-corrected chi connectivity index (χ0v) is 8.41. The lowest BCUT2D eigenvalue weighted by molar-refractivity contribution is -0.128. The smallest absolute Gasteiger partial charge is 0.278 e. The van der Waals surface area contributed by atoms with Crippen molar-refractivity contribution < 1.29 is 9.35 Å². The number of hydrogen-bond donors (Lipinski definition) is 0. The summed E-state index contributed by atoms with van der Waals surface area (Å²) in [6, 6.07) is 0.0983. The molecule has 1 aliphatic rings. The topological polar surface area (TPSA) is 72.8 Å². The number of rotatable bonds is 3. The van der Waals surface area contributed by atoms with Crippen molar-refractivity contribution in [2.75, 3.05) is 6.54 Å². The maximum atomic E-state index is 11.5. The summed E-state index contributed by atoms with van der Waals surface area (Å²) in [7, 11) is 0. The lowest BCUT2D eigenvalue weighted by Gasteiger charge is -2.19. The predicted octanol–water partition coefficient (Wildman–Crippen LogP) is 0.426. The van der Waals surface area contributed by atoms with E-state index >= 15 is 0 Å². The molecular weight excluding hydrogens is 192 g/mol. The fourth-order valence-electron chi connectivity index (χ4n) is 1.43. The van der Waals surface area contributed by atoms with Crippen LogP contribution in [-0.2, 0) is 16.2 Å². The molecule has 0 N–H and O–H groups in total. The first-order valence-electron chi connectivity index (χ1n) is 4.12. The Labute approximate surface area is 79.8 Å². The molecule has 1 fully saturated rings. The molecule has 0 spiro atoms. The highest BCUT2D eigenvalue weighted by molar-refractivity contribution is 7.91. The van der Waals surface area contributed by atoms with Gasteiger partial charge in [0.1, 0.15) is 0 Å². The monoisotopic (exact) mass is 204 g/mol. The molecule has 2 atom stereocenters. The quantitative estimate of drug-likeness (QED) is 0.494. The third-order valence-corrected chi connectivity index (χ3v) is 3.20. The summed E-state index contributed by atoms with van der Waals surface area (Å²) < 4.78 is 13.4. The van der Waals surface area contributed by atoms with E-state index in [4.69, 9.17) is 0 Å². The number of hydrogen-bond acceptors (Lipinski definition) is 4. The summed E-state index contributed by atoms with van der Waals surface area (Å²) in [6.45, 7) is 4.34. The highest BCUT2D eigenvalue weighted by Crippen LogP contribution is 2.21. The van der Waals surface area contributed by atoms with Crippen LogP contribution in [0.1, 0.15) is 20.3 Å². The van der Waals surface area contributed by atoms with E-state index in [0.717, 1.165) is 0 Å². The number of nitroso groups, excluding NO2 is 1. The zero-order chi connectivity index (χ0) is 10.0. The second kappa shape index (κ2) is 4.06. The van der Waals surface area contributed by atoms with Crippen LogP contribution in [-0.4, -0.2) is 33.2 Å². The molecule has 5 nitrogen and oxygen atoms in total. The predicted molar refractivity (Wildman–Crippen MR) is 49.2 cm³/mol. The summed E-state index contributed by atoms with van der Waals surface area (Å²) in [4.78, 5) is 23.1. The Bertz CT molecular complexity index is 222. The average molecular weight is 204 g/mol. The van der Waals surface area contributed by atoms with Crippen LogP contribution in [0, 0.1) is 4.91 Å². The van der Waals surface area contributed by atoms with Gasteiger partial charge in [-0.2, -0.15) is 0 Å². The van der Waals surface area contributed by atoms with Gasteiger partial charge in [0.05, 0.1) is 0 Å². The van der Waals surface area contributed by atoms with Crippen molar-refractivity contribution in [1.82, 2.24) is 4.90 Å². The summed E-state index contributed by atoms with van der Waals surface area (Å²) in [5, 5.41) is -0.708. The summed E-state index contributed by atoms with van der Waals surface area (Å²) >= 11 is -1.89. The molecule has 1 amide bonds. The second-order valence-corrected chi connectivity index (χ2v) is 4.52. The van der Waals surface area contributed by atoms with Gasteiger partial charge in [-0.1, -0.05) is 4.91 Å². The molecular formula is C7H12N2O3S. The maximum absolute atomic E-state index is 11.5. The van der Waals surface area contributed by atoms with Gasteiger partial charge in [0.2, 0.25) is 5.25 Å². The molecule has 0 aromatic carbocycles. The van der Waals surface area contributed by atoms with Crippen LogP contribution in [0.2, 0.25) is 0 Å². The van der Waals surface area contributed by atoms with E-state index < -0.39 is 16.6 Å². The number of likely N-dealkylation sites (tertiary alicyclic amines) is 1. The van der Waals surface area contributed by atoms with Gasteiger partial charge in [0.15, 0.2) is 15.9 Å². The van der Waals surface area contributed by atoms with Crippen molar-refractivity contribution in [2.24, 2.45) is 4.58 Å². The molecule has 0 aromatic heterocycles. The molecule has 0 aliphatic carbocycles. The van der Waals surface area contributed by atoms with Crippen LogP contribution in [0.25, 0.3) is 0 Å². The third kappa shape index (κ3) is 2.00. The Hall–Kier alpha value is -0.620. The molecule has 0 bridgehead atoms. The highest BCUT2D eigenvalue weighted by Gasteiger charge is 2.42. The summed E-state index contributed by atoms with van der Waals surface area (Å²) in [6.07, 6.45) is 0.468. The summed E-state index contributed by atoms with van der Waals surface area (Å²) in [5.41, 5.74) is 0. The van der Waals surface area contributed by atoms with Gasteiger partial charge in [-0.25, -0.2) is 0 Å². The van der Waals surface area contributed by atoms with Crippen molar-refractivity contribution in [3.05, 3.63) is 4.91 Å². The number of carbonyl (C=O) groups excluding carboxylic acids is 1. The second-order valence-electron chi connectivity index (χ2n) is 3.25. The largest absolute Gasteiger partial charge is 0.588 e. The number of amides is 1. The Balaban J connectivity index is 2.65. The molecule has 1 heterocycles. The van der Waals surface area contributed by atoms with Gasteiger partial charge in [0, 0.05) is 19.0 Å². The Morgan fingerprint density at radius 1 is 1.69 bits per heavy atom. The minimum Gasteiger partial charge on any atom is -0.588 e. The molecule has 1 saturated heterocycles. The van der Waals surface area contributed by atoms with Gasteiger partial charge in [-0.05, 0) is 13.8 Å². The van der Waals surface area contributed by atoms with Crippen molar-refractivity contribution in [3.8, 4) is 0 Å². The van der Waals surface area contributed by atoms with E-state index in [-0.39, 0.29) is 11.9 Å². The fraction of sp³-hybridized carbons (Fsp3) is 0.857. The van der Waals surface area contributed by atoms with Crippen molar-refractivity contribution in [3.63, 3.8) is 0 Å². The van der Waals surface area contributed by atoms with Gasteiger partial charge < -0.3 is 9.45 Å². The lowest BCUT2D eigenvalue weighted by Crippen LogP contribution is -2.37. The highest BCUT2D eigenvalue weighted by atomic mass is 32.2. The molecule has 1 rings (SSSR count). The van der Waals surface area contributed by atoms with Gasteiger partial charge in [-0.3, -0.25) is 4.79 Å². The Morgan fingerprint density at radius 2 is 2.31 bits per heavy atom. The van der Waals surface area contributed by atoms with E-state index in [9.17, 15) is 14.3 Å². The van der Waals surface area contributed by atoms with Crippen LogP contribution < -0.4 is 0 Å². The third-order valence-electron chi connectivity index (χ3n) is 2.13. The van der Waals surface area contributed by atoms with Crippen LogP contribution >= 0.6 is 0 Å². The average Bonchev–Trinajstić information content (AvgIpc) is 2.46. The van der Waals surface area contributed by atoms with Gasteiger partial charge in [0.25, 0.3) is 5.91 Å². The molecule has 0 aromatic rings. The van der Waals surface area contributed by atoms with Crippen LogP contribution in [0.4, 0.5) is 0 Å². The van der Waals surface area contributed by atoms with Crippen LogP contribution in [0.5, 0.6) is 0 Å². The van der Waals surface area contributed by atoms with Gasteiger partial charge in [-0.15, -0.1) is 0 Å². The minimum atomic E-state index is -1.89. The molecule has 74 valence electrons. The number of nitrogens with zero attached hydrogens (tertiary/aromatic N) is 2. The van der Waals surface area contributed by atoms with Gasteiger partial charge >= 0.3 is 0 Å². The van der Waals surface area contributed by atoms with E-state index in [1.807, 2.05) is 13.8 Å². The molecule has 2 unspecified atom stereocenters. The first kappa shape index (κ1) is 10.5. The standard InChI is InChI=1S/C7H12N2O3S/c1-5(2)9-4-3-6(7(9)10)13(12)8-11/h5-6H,3-4H2,1-2H3. The molecule has 0 radical (unpaired) electrons. The minimum absolute atomic E-state index is 0.0983. The van der Waals surface area contributed by atoms with Crippen LogP contribution in [0.15, 0.2) is 4.58 Å². The summed E-state index contributed by atoms with van der Waals surface area (Å²) in [5.74, 6) is -0.215. The Morgan fingerprint density at radius 3 is 2.69 bits per heavy atom. The van der Waals surface area contributed by atoms with E-state index in [1.54, 1.807) is 4.90 Å². The van der Waals surface area contributed by atoms with Crippen molar-refractivity contribution in [1.29, 1.82) is 0 Å². The van der Waals surface area contributed by atoms with Crippen molar-refractivity contribution >= 4 is 17.3 Å². The van der Waals surface area contributed by atoms with E-state index in [1.165, 1.54) is 0 Å². The molecule has 6 heteroatoms. The van der Waals surface area contributed by atoms with E-state index in [2.05, 4.69) is 4.58 Å².